The van der Waals surface area contributed by atoms with Crippen molar-refractivity contribution in [3.05, 3.63) is 0 Å². The molecule has 0 radical (unpaired) electrons. The molecule has 12 heavy (non-hydrogen) atoms. The first-order valence-corrected chi connectivity index (χ1v) is 5.31. The van der Waals surface area contributed by atoms with E-state index in [0.29, 0.717) is 5.88 Å². The van der Waals surface area contributed by atoms with Crippen molar-refractivity contribution in [2.75, 3.05) is 19.0 Å². The fourth-order valence-electron chi connectivity index (χ4n) is 2.14. The Labute approximate surface area is 78.6 Å². The lowest BCUT2D eigenvalue weighted by molar-refractivity contribution is 0.265. The molecule has 0 aromatic carbocycles. The lowest BCUT2D eigenvalue weighted by Gasteiger charge is -2.32. The van der Waals surface area contributed by atoms with E-state index in [4.69, 9.17) is 11.6 Å². The molecule has 2 aliphatic rings. The highest BCUT2D eigenvalue weighted by Gasteiger charge is 2.28. The minimum atomic E-state index is 0.710. The Kier molecular flexibility index (Phi) is 2.54. The van der Waals surface area contributed by atoms with E-state index in [1.165, 1.54) is 31.6 Å². The van der Waals surface area contributed by atoms with Crippen molar-refractivity contribution in [3.8, 4) is 0 Å². The van der Waals surface area contributed by atoms with Crippen LogP contribution in [0.2, 0.25) is 0 Å². The van der Waals surface area contributed by atoms with Gasteiger partial charge in [-0.1, -0.05) is 0 Å². The normalized spacial score (nSPS) is 28.6. The van der Waals surface area contributed by atoms with Gasteiger partial charge in [-0.2, -0.15) is 0 Å². The second kappa shape index (κ2) is 3.65. The summed E-state index contributed by atoms with van der Waals surface area (Å²) in [6.45, 7) is 2.23. The summed E-state index contributed by atoms with van der Waals surface area (Å²) >= 11 is 5.71. The standard InChI is InChI=1S/C9H15ClN2/c10-5-4-9-11-7-8-3-1-2-6-12(8)9/h8H,1-7H2. The van der Waals surface area contributed by atoms with E-state index in [-0.39, 0.29) is 0 Å². The smallest absolute Gasteiger partial charge is 0.100 e. The van der Waals surface area contributed by atoms with Crippen LogP contribution in [0, 0.1) is 0 Å². The molecule has 1 atom stereocenters. The molecule has 2 aliphatic heterocycles. The molecule has 1 fully saturated rings. The van der Waals surface area contributed by atoms with Crippen LogP contribution in [0.25, 0.3) is 0 Å². The number of aliphatic imine (C=N–C) groups is 1. The van der Waals surface area contributed by atoms with Gasteiger partial charge in [-0.25, -0.2) is 0 Å². The molecule has 1 saturated heterocycles. The molecule has 0 spiro atoms. The van der Waals surface area contributed by atoms with Gasteiger partial charge in [0.2, 0.25) is 0 Å². The molecule has 0 amide bonds. The van der Waals surface area contributed by atoms with Crippen molar-refractivity contribution >= 4 is 17.4 Å². The average Bonchev–Trinajstić information content (AvgIpc) is 2.50. The summed E-state index contributed by atoms with van der Waals surface area (Å²) in [5.74, 6) is 1.97. The van der Waals surface area contributed by atoms with Gasteiger partial charge in [-0.15, -0.1) is 11.6 Å². The third-order valence-electron chi connectivity index (χ3n) is 2.76. The summed E-state index contributed by atoms with van der Waals surface area (Å²) in [5, 5.41) is 0. The van der Waals surface area contributed by atoms with E-state index in [1.54, 1.807) is 0 Å². The lowest BCUT2D eigenvalue weighted by Crippen LogP contribution is -2.40. The lowest BCUT2D eigenvalue weighted by atomic mass is 10.0. The minimum absolute atomic E-state index is 0.710. The zero-order valence-corrected chi connectivity index (χ0v) is 8.06. The molecule has 0 bridgehead atoms. The van der Waals surface area contributed by atoms with Crippen molar-refractivity contribution in [2.24, 2.45) is 4.99 Å². The summed E-state index contributed by atoms with van der Waals surface area (Å²) in [5.41, 5.74) is 0. The van der Waals surface area contributed by atoms with Gasteiger partial charge >= 0.3 is 0 Å². The first-order chi connectivity index (χ1) is 5.92. The van der Waals surface area contributed by atoms with E-state index < -0.39 is 0 Å². The highest BCUT2D eigenvalue weighted by molar-refractivity contribution is 6.19. The van der Waals surface area contributed by atoms with E-state index in [1.807, 2.05) is 0 Å². The monoisotopic (exact) mass is 186 g/mol. The molecule has 0 aromatic rings. The van der Waals surface area contributed by atoms with E-state index in [0.717, 1.165) is 19.0 Å². The fourth-order valence-corrected chi connectivity index (χ4v) is 2.31. The number of rotatable bonds is 2. The Morgan fingerprint density at radius 3 is 3.25 bits per heavy atom. The summed E-state index contributed by atoms with van der Waals surface area (Å²) in [7, 11) is 0. The van der Waals surface area contributed by atoms with Crippen molar-refractivity contribution in [2.45, 2.75) is 31.7 Å². The fraction of sp³-hybridized carbons (Fsp3) is 0.889. The van der Waals surface area contributed by atoms with Crippen LogP contribution in [0.5, 0.6) is 0 Å². The molecule has 3 heteroatoms. The molecule has 1 unspecified atom stereocenters. The first kappa shape index (κ1) is 8.36. The second-order valence-corrected chi connectivity index (χ2v) is 3.92. The van der Waals surface area contributed by atoms with Crippen LogP contribution in [0.4, 0.5) is 0 Å². The average molecular weight is 187 g/mol. The van der Waals surface area contributed by atoms with Crippen LogP contribution in [0.3, 0.4) is 0 Å². The number of hydrogen-bond donors (Lipinski definition) is 0. The third-order valence-corrected chi connectivity index (χ3v) is 2.95. The Hall–Kier alpha value is -0.240. The van der Waals surface area contributed by atoms with Crippen LogP contribution in [-0.4, -0.2) is 35.7 Å². The summed E-state index contributed by atoms with van der Waals surface area (Å²) in [6.07, 6.45) is 5.00. The maximum absolute atomic E-state index is 5.71. The third kappa shape index (κ3) is 1.45. The Morgan fingerprint density at radius 1 is 1.50 bits per heavy atom. The number of nitrogens with zero attached hydrogens (tertiary/aromatic N) is 2. The molecular formula is C9H15ClN2. The van der Waals surface area contributed by atoms with E-state index in [9.17, 15) is 0 Å². The number of alkyl halides is 1. The summed E-state index contributed by atoms with van der Waals surface area (Å²) < 4.78 is 0. The van der Waals surface area contributed by atoms with E-state index in [2.05, 4.69) is 9.89 Å². The summed E-state index contributed by atoms with van der Waals surface area (Å²) in [6, 6.07) is 0.719. The van der Waals surface area contributed by atoms with Crippen molar-refractivity contribution in [1.82, 2.24) is 4.90 Å². The van der Waals surface area contributed by atoms with Crippen LogP contribution >= 0.6 is 11.6 Å². The van der Waals surface area contributed by atoms with Crippen molar-refractivity contribution < 1.29 is 0 Å². The SMILES string of the molecule is ClCCC1=NCC2CCCCN12. The van der Waals surface area contributed by atoms with Gasteiger partial charge in [0.25, 0.3) is 0 Å². The highest BCUT2D eigenvalue weighted by atomic mass is 35.5. The molecule has 0 saturated carbocycles. The topological polar surface area (TPSA) is 15.6 Å². The largest absolute Gasteiger partial charge is 0.355 e. The van der Waals surface area contributed by atoms with Gasteiger partial charge in [0.05, 0.1) is 6.54 Å². The Bertz CT molecular complexity index is 191. The zero-order chi connectivity index (χ0) is 8.39. The molecule has 2 heterocycles. The number of hydrogen-bond acceptors (Lipinski definition) is 2. The van der Waals surface area contributed by atoms with Gasteiger partial charge in [-0.05, 0) is 19.3 Å². The van der Waals surface area contributed by atoms with E-state index >= 15 is 0 Å². The van der Waals surface area contributed by atoms with Crippen molar-refractivity contribution in [3.63, 3.8) is 0 Å². The quantitative estimate of drug-likeness (QED) is 0.602. The van der Waals surface area contributed by atoms with Gasteiger partial charge in [0, 0.05) is 24.9 Å². The Morgan fingerprint density at radius 2 is 2.42 bits per heavy atom. The Balaban J connectivity index is 1.98. The molecule has 2 nitrogen and oxygen atoms in total. The minimum Gasteiger partial charge on any atom is -0.355 e. The van der Waals surface area contributed by atoms with Gasteiger partial charge in [-0.3, -0.25) is 4.99 Å². The number of piperidine rings is 1. The number of amidine groups is 1. The van der Waals surface area contributed by atoms with Crippen LogP contribution in [0.1, 0.15) is 25.7 Å². The van der Waals surface area contributed by atoms with Gasteiger partial charge < -0.3 is 4.90 Å². The number of fused-ring (bicyclic) bond motifs is 1. The predicted octanol–water partition coefficient (Wildman–Crippen LogP) is 1.88. The zero-order valence-electron chi connectivity index (χ0n) is 7.30. The highest BCUT2D eigenvalue weighted by Crippen LogP contribution is 2.23. The van der Waals surface area contributed by atoms with Gasteiger partial charge in [0.1, 0.15) is 5.84 Å². The van der Waals surface area contributed by atoms with Crippen molar-refractivity contribution in [1.29, 1.82) is 0 Å². The molecule has 0 aromatic heterocycles. The molecule has 0 aliphatic carbocycles. The maximum atomic E-state index is 5.71. The predicted molar refractivity (Wildman–Crippen MR) is 52.0 cm³/mol. The van der Waals surface area contributed by atoms with Crippen LogP contribution in [-0.2, 0) is 0 Å². The maximum Gasteiger partial charge on any atom is 0.100 e. The molecule has 68 valence electrons. The molecule has 0 N–H and O–H groups in total. The van der Waals surface area contributed by atoms with Crippen LogP contribution < -0.4 is 0 Å². The van der Waals surface area contributed by atoms with Crippen LogP contribution in [0.15, 0.2) is 4.99 Å². The molecular weight excluding hydrogens is 172 g/mol. The summed E-state index contributed by atoms with van der Waals surface area (Å²) in [4.78, 5) is 6.99. The van der Waals surface area contributed by atoms with Gasteiger partial charge in [0.15, 0.2) is 0 Å². The number of halogens is 1. The second-order valence-electron chi connectivity index (χ2n) is 3.54. The molecule has 2 rings (SSSR count). The first-order valence-electron chi connectivity index (χ1n) is 4.78.